The Balaban J connectivity index is 1.76. The van der Waals surface area contributed by atoms with Crippen LogP contribution in [-0.4, -0.2) is 45.2 Å². The van der Waals surface area contributed by atoms with Gasteiger partial charge in [-0.1, -0.05) is 0 Å². The largest absolute Gasteiger partial charge is 0.464 e. The summed E-state index contributed by atoms with van der Waals surface area (Å²) in [5.74, 6) is -0.748. The standard InChI is InChI=1S/C24H19FN6O2/c1-30(2)15-5-7-16(8-6-15)31(24(32)33)22-18(25)12-28-23-21(22)17-10-19(27-13-20(17)29-23)14-4-3-9-26-11-14/h3-13H,1-2H3,(H,28,29)(H,32,33). The number of anilines is 3. The Kier molecular flexibility index (Phi) is 4.86. The van der Waals surface area contributed by atoms with Gasteiger partial charge >= 0.3 is 6.09 Å². The number of carbonyl (C=O) groups is 1. The summed E-state index contributed by atoms with van der Waals surface area (Å²) in [5, 5.41) is 11.0. The molecule has 2 N–H and O–H groups in total. The third-order valence-corrected chi connectivity index (χ3v) is 5.43. The SMILES string of the molecule is CN(C)c1ccc(N(C(=O)O)c2c(F)cnc3[nH]c4cnc(-c5cccnc5)cc4c23)cc1. The number of carboxylic acid groups (broad SMARTS) is 1. The number of H-pyrrole nitrogens is 1. The van der Waals surface area contributed by atoms with Crippen molar-refractivity contribution in [2.75, 3.05) is 23.9 Å². The molecule has 0 aliphatic rings. The van der Waals surface area contributed by atoms with Gasteiger partial charge < -0.3 is 15.0 Å². The molecule has 164 valence electrons. The summed E-state index contributed by atoms with van der Waals surface area (Å²) in [5.41, 5.74) is 3.50. The quantitative estimate of drug-likeness (QED) is 0.397. The Bertz CT molecular complexity index is 1480. The minimum absolute atomic E-state index is 0.0975. The minimum atomic E-state index is -1.31. The van der Waals surface area contributed by atoms with Crippen molar-refractivity contribution in [3.05, 3.63) is 73.1 Å². The highest BCUT2D eigenvalue weighted by Gasteiger charge is 2.26. The third-order valence-electron chi connectivity index (χ3n) is 5.43. The molecule has 9 heteroatoms. The normalized spacial score (nSPS) is 11.1. The molecular weight excluding hydrogens is 423 g/mol. The summed E-state index contributed by atoms with van der Waals surface area (Å²) in [7, 11) is 3.77. The van der Waals surface area contributed by atoms with Gasteiger partial charge in [0.05, 0.1) is 34.7 Å². The van der Waals surface area contributed by atoms with Crippen LogP contribution >= 0.6 is 0 Å². The molecule has 0 saturated carbocycles. The molecule has 1 aromatic carbocycles. The van der Waals surface area contributed by atoms with Gasteiger partial charge in [0.25, 0.3) is 0 Å². The van der Waals surface area contributed by atoms with Gasteiger partial charge in [0, 0.05) is 43.1 Å². The van der Waals surface area contributed by atoms with Crippen LogP contribution in [0.4, 0.5) is 26.2 Å². The Hall–Kier alpha value is -4.53. The van der Waals surface area contributed by atoms with Gasteiger partial charge in [-0.3, -0.25) is 9.97 Å². The van der Waals surface area contributed by atoms with E-state index in [0.29, 0.717) is 33.3 Å². The number of aromatic amines is 1. The molecule has 0 saturated heterocycles. The van der Waals surface area contributed by atoms with Gasteiger partial charge in [-0.2, -0.15) is 0 Å². The van der Waals surface area contributed by atoms with E-state index < -0.39 is 11.9 Å². The molecular formula is C24H19FN6O2. The van der Waals surface area contributed by atoms with Gasteiger partial charge in [0.2, 0.25) is 0 Å². The molecule has 5 aromatic rings. The highest BCUT2D eigenvalue weighted by Crippen LogP contribution is 2.39. The lowest BCUT2D eigenvalue weighted by molar-refractivity contribution is 0.204. The number of hydrogen-bond donors (Lipinski definition) is 2. The molecule has 1 amide bonds. The van der Waals surface area contributed by atoms with Gasteiger partial charge in [0.15, 0.2) is 5.82 Å². The molecule has 0 spiro atoms. The maximum absolute atomic E-state index is 15.2. The van der Waals surface area contributed by atoms with Crippen LogP contribution in [0.5, 0.6) is 0 Å². The fourth-order valence-electron chi connectivity index (χ4n) is 3.84. The van der Waals surface area contributed by atoms with E-state index in [0.717, 1.165) is 22.3 Å². The van der Waals surface area contributed by atoms with E-state index in [9.17, 15) is 9.90 Å². The Morgan fingerprint density at radius 2 is 1.79 bits per heavy atom. The lowest BCUT2D eigenvalue weighted by Crippen LogP contribution is -2.25. The first-order valence-corrected chi connectivity index (χ1v) is 10.1. The second kappa shape index (κ2) is 7.86. The van der Waals surface area contributed by atoms with E-state index in [1.54, 1.807) is 55.0 Å². The Labute approximate surface area is 188 Å². The van der Waals surface area contributed by atoms with E-state index in [2.05, 4.69) is 19.9 Å². The fourth-order valence-corrected chi connectivity index (χ4v) is 3.84. The van der Waals surface area contributed by atoms with Crippen LogP contribution < -0.4 is 9.80 Å². The summed E-state index contributed by atoms with van der Waals surface area (Å²) in [6.07, 6.45) is 4.68. The first-order valence-electron chi connectivity index (χ1n) is 10.1. The number of benzene rings is 1. The van der Waals surface area contributed by atoms with Crippen molar-refractivity contribution in [3.8, 4) is 11.3 Å². The topological polar surface area (TPSA) is 98.2 Å². The van der Waals surface area contributed by atoms with Crippen LogP contribution in [-0.2, 0) is 0 Å². The molecule has 0 unspecified atom stereocenters. The molecule has 5 rings (SSSR count). The van der Waals surface area contributed by atoms with E-state index in [1.807, 2.05) is 25.1 Å². The van der Waals surface area contributed by atoms with Crippen LogP contribution in [0.15, 0.2) is 67.3 Å². The molecule has 33 heavy (non-hydrogen) atoms. The maximum Gasteiger partial charge on any atom is 0.416 e. The van der Waals surface area contributed by atoms with Crippen LogP contribution in [0.3, 0.4) is 0 Å². The Morgan fingerprint density at radius 1 is 1.03 bits per heavy atom. The first kappa shape index (κ1) is 20.4. The van der Waals surface area contributed by atoms with Crippen molar-refractivity contribution in [2.24, 2.45) is 0 Å². The highest BCUT2D eigenvalue weighted by atomic mass is 19.1. The lowest BCUT2D eigenvalue weighted by atomic mass is 10.1. The molecule has 0 aliphatic heterocycles. The molecule has 0 fully saturated rings. The predicted octanol–water partition coefficient (Wildman–Crippen LogP) is 5.19. The molecule has 0 aliphatic carbocycles. The van der Waals surface area contributed by atoms with Crippen molar-refractivity contribution >= 4 is 45.1 Å². The van der Waals surface area contributed by atoms with Gasteiger partial charge in [-0.05, 0) is 42.5 Å². The molecule has 0 radical (unpaired) electrons. The molecule has 4 aromatic heterocycles. The number of nitrogens with zero attached hydrogens (tertiary/aromatic N) is 5. The summed E-state index contributed by atoms with van der Waals surface area (Å²) in [6, 6.07) is 12.3. The lowest BCUT2D eigenvalue weighted by Gasteiger charge is -2.22. The molecule has 4 heterocycles. The maximum atomic E-state index is 15.2. The van der Waals surface area contributed by atoms with E-state index in [-0.39, 0.29) is 5.69 Å². The van der Waals surface area contributed by atoms with Crippen molar-refractivity contribution in [1.29, 1.82) is 0 Å². The van der Waals surface area contributed by atoms with Crippen molar-refractivity contribution in [3.63, 3.8) is 0 Å². The van der Waals surface area contributed by atoms with Crippen LogP contribution in [0.2, 0.25) is 0 Å². The zero-order chi connectivity index (χ0) is 23.1. The number of amides is 1. The average molecular weight is 442 g/mol. The Morgan fingerprint density at radius 3 is 2.45 bits per heavy atom. The first-order chi connectivity index (χ1) is 15.9. The van der Waals surface area contributed by atoms with Crippen LogP contribution in [0, 0.1) is 5.82 Å². The van der Waals surface area contributed by atoms with E-state index in [1.165, 1.54) is 0 Å². The molecule has 8 nitrogen and oxygen atoms in total. The minimum Gasteiger partial charge on any atom is -0.464 e. The van der Waals surface area contributed by atoms with E-state index >= 15 is 4.39 Å². The monoisotopic (exact) mass is 442 g/mol. The van der Waals surface area contributed by atoms with Crippen LogP contribution in [0.1, 0.15) is 0 Å². The summed E-state index contributed by atoms with van der Waals surface area (Å²) < 4.78 is 15.2. The number of halogens is 1. The van der Waals surface area contributed by atoms with Crippen LogP contribution in [0.25, 0.3) is 33.2 Å². The number of rotatable bonds is 4. The van der Waals surface area contributed by atoms with Crippen molar-refractivity contribution in [2.45, 2.75) is 0 Å². The predicted molar refractivity (Wildman–Crippen MR) is 126 cm³/mol. The van der Waals surface area contributed by atoms with Gasteiger partial charge in [-0.25, -0.2) is 19.1 Å². The zero-order valence-corrected chi connectivity index (χ0v) is 17.8. The summed E-state index contributed by atoms with van der Waals surface area (Å²) >= 11 is 0. The summed E-state index contributed by atoms with van der Waals surface area (Å²) in [6.45, 7) is 0. The number of aromatic nitrogens is 4. The van der Waals surface area contributed by atoms with Crippen molar-refractivity contribution in [1.82, 2.24) is 19.9 Å². The number of pyridine rings is 3. The molecule has 0 atom stereocenters. The number of fused-ring (bicyclic) bond motifs is 3. The van der Waals surface area contributed by atoms with Crippen molar-refractivity contribution < 1.29 is 14.3 Å². The second-order valence-electron chi connectivity index (χ2n) is 7.69. The van der Waals surface area contributed by atoms with Gasteiger partial charge in [-0.15, -0.1) is 0 Å². The molecule has 0 bridgehead atoms. The number of nitrogens with one attached hydrogen (secondary N) is 1. The fraction of sp³-hybridized carbons (Fsp3) is 0.0833. The zero-order valence-electron chi connectivity index (χ0n) is 17.8. The number of hydrogen-bond acceptors (Lipinski definition) is 5. The third kappa shape index (κ3) is 3.49. The smallest absolute Gasteiger partial charge is 0.416 e. The van der Waals surface area contributed by atoms with E-state index in [4.69, 9.17) is 0 Å². The summed E-state index contributed by atoms with van der Waals surface area (Å²) in [4.78, 5) is 31.0. The van der Waals surface area contributed by atoms with Gasteiger partial charge in [0.1, 0.15) is 11.3 Å². The average Bonchev–Trinajstić information content (AvgIpc) is 3.19. The second-order valence-corrected chi connectivity index (χ2v) is 7.69. The highest BCUT2D eigenvalue weighted by molar-refractivity contribution is 6.16.